The van der Waals surface area contributed by atoms with Crippen LogP contribution in [0, 0.1) is 11.3 Å². The van der Waals surface area contributed by atoms with E-state index in [2.05, 4.69) is 4.90 Å². The Morgan fingerprint density at radius 2 is 1.85 bits per heavy atom. The molecule has 3 aliphatic rings. The molecule has 5 nitrogen and oxygen atoms in total. The Hall–Kier alpha value is -2.04. The first kappa shape index (κ1) is 18.3. The number of likely N-dealkylation sites (tertiary alicyclic amines) is 2. The van der Waals surface area contributed by atoms with E-state index in [1.807, 2.05) is 48.2 Å². The van der Waals surface area contributed by atoms with Crippen LogP contribution in [0.25, 0.3) is 0 Å². The third-order valence-corrected chi connectivity index (χ3v) is 6.65. The van der Waals surface area contributed by atoms with Crippen molar-refractivity contribution in [2.75, 3.05) is 45.2 Å². The number of carbonyl (C=O) groups is 2. The fourth-order valence-corrected chi connectivity index (χ4v) is 4.69. The SMILES string of the molecule is CN(C)c1ccccc1C(=O)N1CCC2(CCC(=O)N(CC3CC3)C2)CC1. The number of anilines is 1. The van der Waals surface area contributed by atoms with Gasteiger partial charge in [0.25, 0.3) is 5.91 Å². The van der Waals surface area contributed by atoms with Gasteiger partial charge in [0, 0.05) is 52.4 Å². The summed E-state index contributed by atoms with van der Waals surface area (Å²) in [5.74, 6) is 1.22. The zero-order chi connectivity index (χ0) is 19.0. The molecule has 0 bridgehead atoms. The molecule has 1 aromatic carbocycles. The van der Waals surface area contributed by atoms with Crippen LogP contribution in [0.15, 0.2) is 24.3 Å². The molecular formula is C22H31N3O2. The molecule has 1 aromatic rings. The summed E-state index contributed by atoms with van der Waals surface area (Å²) >= 11 is 0. The van der Waals surface area contributed by atoms with Crippen LogP contribution in [0.5, 0.6) is 0 Å². The number of rotatable bonds is 4. The zero-order valence-corrected chi connectivity index (χ0v) is 16.6. The molecule has 0 atom stereocenters. The maximum Gasteiger partial charge on any atom is 0.255 e. The molecule has 3 fully saturated rings. The van der Waals surface area contributed by atoms with Crippen molar-refractivity contribution in [3.63, 3.8) is 0 Å². The lowest BCUT2D eigenvalue weighted by molar-refractivity contribution is -0.139. The van der Waals surface area contributed by atoms with E-state index >= 15 is 0 Å². The molecule has 0 unspecified atom stereocenters. The van der Waals surface area contributed by atoms with Gasteiger partial charge < -0.3 is 14.7 Å². The Morgan fingerprint density at radius 1 is 1.15 bits per heavy atom. The minimum absolute atomic E-state index is 0.135. The Kier molecular flexibility index (Phi) is 4.87. The molecular weight excluding hydrogens is 338 g/mol. The van der Waals surface area contributed by atoms with Crippen molar-refractivity contribution in [1.29, 1.82) is 0 Å². The van der Waals surface area contributed by atoms with Crippen molar-refractivity contribution in [2.24, 2.45) is 11.3 Å². The lowest BCUT2D eigenvalue weighted by atomic mass is 9.72. The van der Waals surface area contributed by atoms with Crippen LogP contribution in [0.2, 0.25) is 0 Å². The maximum atomic E-state index is 13.1. The normalized spacial score (nSPS) is 22.2. The van der Waals surface area contributed by atoms with E-state index in [1.165, 1.54) is 12.8 Å². The highest BCUT2D eigenvalue weighted by Gasteiger charge is 2.43. The van der Waals surface area contributed by atoms with Gasteiger partial charge in [-0.25, -0.2) is 0 Å². The highest BCUT2D eigenvalue weighted by molar-refractivity contribution is 5.99. The molecule has 2 amide bonds. The number of carbonyl (C=O) groups excluding carboxylic acids is 2. The molecule has 2 aliphatic heterocycles. The van der Waals surface area contributed by atoms with E-state index < -0.39 is 0 Å². The van der Waals surface area contributed by atoms with Crippen LogP contribution < -0.4 is 4.90 Å². The number of hydrogen-bond donors (Lipinski definition) is 0. The quantitative estimate of drug-likeness (QED) is 0.819. The highest BCUT2D eigenvalue weighted by Crippen LogP contribution is 2.42. The van der Waals surface area contributed by atoms with E-state index in [0.717, 1.165) is 62.6 Å². The third-order valence-electron chi connectivity index (χ3n) is 6.65. The predicted octanol–water partition coefficient (Wildman–Crippen LogP) is 3.01. The van der Waals surface area contributed by atoms with Gasteiger partial charge in [-0.1, -0.05) is 12.1 Å². The van der Waals surface area contributed by atoms with Gasteiger partial charge in [0.2, 0.25) is 5.91 Å². The average Bonchev–Trinajstić information content (AvgIpc) is 3.49. The smallest absolute Gasteiger partial charge is 0.255 e. The Bertz CT molecular complexity index is 718. The molecule has 1 saturated carbocycles. The number of benzene rings is 1. The van der Waals surface area contributed by atoms with Crippen LogP contribution in [0.1, 0.15) is 48.9 Å². The molecule has 2 saturated heterocycles. The number of para-hydroxylation sites is 1. The average molecular weight is 370 g/mol. The number of hydrogen-bond acceptors (Lipinski definition) is 3. The van der Waals surface area contributed by atoms with Crippen LogP contribution >= 0.6 is 0 Å². The molecule has 0 radical (unpaired) electrons. The number of nitrogens with zero attached hydrogens (tertiary/aromatic N) is 3. The monoisotopic (exact) mass is 369 g/mol. The van der Waals surface area contributed by atoms with Crippen LogP contribution in [-0.2, 0) is 4.79 Å². The van der Waals surface area contributed by atoms with Crippen molar-refractivity contribution >= 4 is 17.5 Å². The van der Waals surface area contributed by atoms with E-state index in [9.17, 15) is 9.59 Å². The second-order valence-corrected chi connectivity index (χ2v) is 8.92. The second kappa shape index (κ2) is 7.17. The van der Waals surface area contributed by atoms with Gasteiger partial charge in [-0.3, -0.25) is 9.59 Å². The van der Waals surface area contributed by atoms with E-state index in [4.69, 9.17) is 0 Å². The summed E-state index contributed by atoms with van der Waals surface area (Å²) < 4.78 is 0. The maximum absolute atomic E-state index is 13.1. The molecule has 27 heavy (non-hydrogen) atoms. The summed E-state index contributed by atoms with van der Waals surface area (Å²) in [7, 11) is 3.95. The summed E-state index contributed by atoms with van der Waals surface area (Å²) in [4.78, 5) is 31.5. The van der Waals surface area contributed by atoms with Crippen LogP contribution in [-0.4, -0.2) is 61.9 Å². The number of piperidine rings is 2. The Balaban J connectivity index is 1.41. The molecule has 146 valence electrons. The first-order chi connectivity index (χ1) is 13.0. The minimum atomic E-state index is 0.135. The summed E-state index contributed by atoms with van der Waals surface area (Å²) in [5, 5.41) is 0. The molecule has 5 heteroatoms. The fraction of sp³-hybridized carbons (Fsp3) is 0.636. The molecule has 1 aliphatic carbocycles. The minimum Gasteiger partial charge on any atom is -0.377 e. The van der Waals surface area contributed by atoms with Crippen LogP contribution in [0.3, 0.4) is 0 Å². The van der Waals surface area contributed by atoms with Crippen molar-refractivity contribution in [1.82, 2.24) is 9.80 Å². The molecule has 0 N–H and O–H groups in total. The van der Waals surface area contributed by atoms with Crippen molar-refractivity contribution in [3.05, 3.63) is 29.8 Å². The van der Waals surface area contributed by atoms with E-state index in [-0.39, 0.29) is 11.3 Å². The highest BCUT2D eigenvalue weighted by atomic mass is 16.2. The van der Waals surface area contributed by atoms with Gasteiger partial charge in [-0.2, -0.15) is 0 Å². The fourth-order valence-electron chi connectivity index (χ4n) is 4.69. The summed E-state index contributed by atoms with van der Waals surface area (Å²) in [5.41, 5.74) is 1.98. The van der Waals surface area contributed by atoms with Gasteiger partial charge >= 0.3 is 0 Å². The number of amides is 2. The van der Waals surface area contributed by atoms with Gasteiger partial charge in [-0.15, -0.1) is 0 Å². The lowest BCUT2D eigenvalue weighted by Crippen LogP contribution is -2.52. The lowest BCUT2D eigenvalue weighted by Gasteiger charge is -2.47. The Labute approximate surface area is 162 Å². The molecule has 2 heterocycles. The molecule has 1 spiro atoms. The molecule has 0 aromatic heterocycles. The largest absolute Gasteiger partial charge is 0.377 e. The van der Waals surface area contributed by atoms with Crippen molar-refractivity contribution < 1.29 is 9.59 Å². The zero-order valence-electron chi connectivity index (χ0n) is 16.6. The summed E-state index contributed by atoms with van der Waals surface area (Å²) in [6, 6.07) is 7.85. The summed E-state index contributed by atoms with van der Waals surface area (Å²) in [6.45, 7) is 3.45. The second-order valence-electron chi connectivity index (χ2n) is 8.92. The van der Waals surface area contributed by atoms with Crippen molar-refractivity contribution in [2.45, 2.75) is 38.5 Å². The Morgan fingerprint density at radius 3 is 2.52 bits per heavy atom. The van der Waals surface area contributed by atoms with E-state index in [0.29, 0.717) is 12.3 Å². The summed E-state index contributed by atoms with van der Waals surface area (Å²) in [6.07, 6.45) is 6.26. The third kappa shape index (κ3) is 3.83. The first-order valence-electron chi connectivity index (χ1n) is 10.3. The van der Waals surface area contributed by atoms with Crippen molar-refractivity contribution in [3.8, 4) is 0 Å². The van der Waals surface area contributed by atoms with Crippen LogP contribution in [0.4, 0.5) is 5.69 Å². The van der Waals surface area contributed by atoms with Gasteiger partial charge in [0.15, 0.2) is 0 Å². The molecule has 4 rings (SSSR count). The van der Waals surface area contributed by atoms with Gasteiger partial charge in [-0.05, 0) is 55.6 Å². The predicted molar refractivity (Wildman–Crippen MR) is 107 cm³/mol. The van der Waals surface area contributed by atoms with Gasteiger partial charge in [0.05, 0.1) is 5.56 Å². The standard InChI is InChI=1S/C22H31N3O2/c1-23(2)19-6-4-3-5-18(19)21(27)24-13-11-22(12-14-24)10-9-20(26)25(16-22)15-17-7-8-17/h3-6,17H,7-16H2,1-2H3. The first-order valence-corrected chi connectivity index (χ1v) is 10.3. The topological polar surface area (TPSA) is 43.9 Å². The van der Waals surface area contributed by atoms with E-state index in [1.54, 1.807) is 0 Å². The van der Waals surface area contributed by atoms with Gasteiger partial charge in [0.1, 0.15) is 0 Å².